The van der Waals surface area contributed by atoms with Crippen LogP contribution in [-0.4, -0.2) is 32.6 Å². The maximum absolute atomic E-state index is 4.59. The summed E-state index contributed by atoms with van der Waals surface area (Å²) in [5.41, 5.74) is 1.97. The molecule has 0 amide bonds. The molecule has 0 N–H and O–H groups in total. The maximum Gasteiger partial charge on any atom is 0.165 e. The molecule has 2 saturated carbocycles. The highest BCUT2D eigenvalue weighted by Crippen LogP contribution is 2.35. The number of fused-ring (bicyclic) bond motifs is 1. The van der Waals surface area contributed by atoms with E-state index in [0.717, 1.165) is 17.0 Å². The Morgan fingerprint density at radius 3 is 2.63 bits per heavy atom. The average molecular weight is 257 g/mol. The van der Waals surface area contributed by atoms with Crippen molar-refractivity contribution in [3.8, 4) is 0 Å². The summed E-state index contributed by atoms with van der Waals surface area (Å²) in [5.74, 6) is 0.990. The molecule has 0 unspecified atom stereocenters. The topological polar surface area (TPSA) is 46.8 Å². The van der Waals surface area contributed by atoms with E-state index in [9.17, 15) is 0 Å². The Balaban J connectivity index is 1.79. The molecule has 0 atom stereocenters. The third-order valence-electron chi connectivity index (χ3n) is 4.49. The van der Waals surface area contributed by atoms with E-state index in [-0.39, 0.29) is 0 Å². The van der Waals surface area contributed by atoms with Crippen LogP contribution in [0.15, 0.2) is 12.7 Å². The molecule has 0 radical (unpaired) electrons. The van der Waals surface area contributed by atoms with Gasteiger partial charge in [-0.2, -0.15) is 0 Å². The van der Waals surface area contributed by atoms with Crippen LogP contribution in [0, 0.1) is 0 Å². The zero-order valence-electron chi connectivity index (χ0n) is 11.3. The molecule has 0 aliphatic heterocycles. The van der Waals surface area contributed by atoms with Crippen molar-refractivity contribution in [1.82, 2.24) is 19.5 Å². The molecule has 5 nitrogen and oxygen atoms in total. The molecule has 2 aromatic rings. The molecule has 2 fully saturated rings. The normalized spacial score (nSPS) is 20.3. The first kappa shape index (κ1) is 11.2. The smallest absolute Gasteiger partial charge is 0.165 e. The first-order valence-corrected chi connectivity index (χ1v) is 7.25. The summed E-state index contributed by atoms with van der Waals surface area (Å²) >= 11 is 0. The van der Waals surface area contributed by atoms with Gasteiger partial charge in [0, 0.05) is 19.1 Å². The van der Waals surface area contributed by atoms with Crippen molar-refractivity contribution < 1.29 is 0 Å². The molecular formula is C14H19N5. The molecule has 100 valence electrons. The van der Waals surface area contributed by atoms with Crippen molar-refractivity contribution >= 4 is 17.0 Å². The van der Waals surface area contributed by atoms with Crippen LogP contribution in [0.2, 0.25) is 0 Å². The zero-order chi connectivity index (χ0) is 12.8. The van der Waals surface area contributed by atoms with Crippen LogP contribution in [0.3, 0.4) is 0 Å². The Morgan fingerprint density at radius 1 is 1.11 bits per heavy atom. The summed E-state index contributed by atoms with van der Waals surface area (Å²) in [6, 6.07) is 1.23. The van der Waals surface area contributed by atoms with Gasteiger partial charge in [0.15, 0.2) is 17.0 Å². The Labute approximate surface area is 112 Å². The highest BCUT2D eigenvalue weighted by atomic mass is 15.2. The summed E-state index contributed by atoms with van der Waals surface area (Å²) < 4.78 is 2.26. The van der Waals surface area contributed by atoms with E-state index in [1.165, 1.54) is 38.5 Å². The van der Waals surface area contributed by atoms with Gasteiger partial charge in [0.05, 0.1) is 6.33 Å². The van der Waals surface area contributed by atoms with Gasteiger partial charge in [0.2, 0.25) is 0 Å². The van der Waals surface area contributed by atoms with Crippen molar-refractivity contribution in [2.75, 3.05) is 11.9 Å². The first-order chi connectivity index (χ1) is 9.34. The molecule has 4 rings (SSSR count). The van der Waals surface area contributed by atoms with Gasteiger partial charge in [0.25, 0.3) is 0 Å². The lowest BCUT2D eigenvalue weighted by molar-refractivity contribution is 0.529. The molecule has 0 saturated heterocycles. The molecule has 2 heterocycles. The van der Waals surface area contributed by atoms with Crippen LogP contribution >= 0.6 is 0 Å². The van der Waals surface area contributed by atoms with E-state index >= 15 is 0 Å². The van der Waals surface area contributed by atoms with Crippen molar-refractivity contribution in [3.05, 3.63) is 12.7 Å². The predicted octanol–water partition coefficient (Wildman–Crippen LogP) is 2.54. The number of anilines is 1. The minimum Gasteiger partial charge on any atom is -0.355 e. The first-order valence-electron chi connectivity index (χ1n) is 7.25. The Bertz CT molecular complexity index is 595. The van der Waals surface area contributed by atoms with E-state index in [4.69, 9.17) is 0 Å². The lowest BCUT2D eigenvalue weighted by atomic mass is 10.2. The zero-order valence-corrected chi connectivity index (χ0v) is 11.3. The maximum atomic E-state index is 4.59. The Kier molecular flexibility index (Phi) is 2.47. The minimum atomic E-state index is 0.582. The van der Waals surface area contributed by atoms with Gasteiger partial charge in [-0.05, 0) is 25.7 Å². The minimum absolute atomic E-state index is 0.582. The van der Waals surface area contributed by atoms with Crippen LogP contribution in [0.4, 0.5) is 5.82 Å². The van der Waals surface area contributed by atoms with Gasteiger partial charge in [-0.3, -0.25) is 0 Å². The van der Waals surface area contributed by atoms with Gasteiger partial charge in [0.1, 0.15) is 6.33 Å². The fourth-order valence-corrected chi connectivity index (χ4v) is 3.18. The van der Waals surface area contributed by atoms with E-state index in [1.54, 1.807) is 6.33 Å². The lowest BCUT2D eigenvalue weighted by Gasteiger charge is -2.17. The van der Waals surface area contributed by atoms with E-state index in [1.807, 2.05) is 6.33 Å². The van der Waals surface area contributed by atoms with E-state index in [0.29, 0.717) is 12.1 Å². The fourth-order valence-electron chi connectivity index (χ4n) is 3.18. The summed E-state index contributed by atoms with van der Waals surface area (Å²) in [6.07, 6.45) is 11.3. The second kappa shape index (κ2) is 4.18. The molecule has 0 spiro atoms. The van der Waals surface area contributed by atoms with Crippen molar-refractivity contribution in [2.24, 2.45) is 0 Å². The fraction of sp³-hybridized carbons (Fsp3) is 0.643. The highest BCUT2D eigenvalue weighted by Gasteiger charge is 2.29. The van der Waals surface area contributed by atoms with Gasteiger partial charge in [-0.1, -0.05) is 12.8 Å². The third kappa shape index (κ3) is 1.79. The van der Waals surface area contributed by atoms with Crippen LogP contribution < -0.4 is 4.90 Å². The number of rotatable bonds is 3. The molecule has 2 aromatic heterocycles. The molecular weight excluding hydrogens is 238 g/mol. The van der Waals surface area contributed by atoms with E-state index in [2.05, 4.69) is 31.5 Å². The van der Waals surface area contributed by atoms with Crippen LogP contribution in [0.25, 0.3) is 11.2 Å². The number of hydrogen-bond donors (Lipinski definition) is 0. The largest absolute Gasteiger partial charge is 0.355 e. The second-order valence-corrected chi connectivity index (χ2v) is 5.80. The van der Waals surface area contributed by atoms with Crippen LogP contribution in [0.1, 0.15) is 44.6 Å². The SMILES string of the molecule is CN(c1ncnc2c1ncn2C1CCCC1)C1CC1. The monoisotopic (exact) mass is 257 g/mol. The average Bonchev–Trinajstić information content (AvgIpc) is 2.98. The van der Waals surface area contributed by atoms with Gasteiger partial charge < -0.3 is 9.47 Å². The second-order valence-electron chi connectivity index (χ2n) is 5.80. The summed E-state index contributed by atoms with van der Waals surface area (Å²) in [6.45, 7) is 0. The molecule has 2 aliphatic carbocycles. The van der Waals surface area contributed by atoms with Crippen molar-refractivity contribution in [3.63, 3.8) is 0 Å². The summed E-state index contributed by atoms with van der Waals surface area (Å²) in [4.78, 5) is 15.8. The number of nitrogens with zero attached hydrogens (tertiary/aromatic N) is 5. The molecule has 2 aliphatic rings. The van der Waals surface area contributed by atoms with Gasteiger partial charge in [-0.15, -0.1) is 0 Å². The molecule has 0 aromatic carbocycles. The van der Waals surface area contributed by atoms with Crippen LogP contribution in [-0.2, 0) is 0 Å². The van der Waals surface area contributed by atoms with E-state index < -0.39 is 0 Å². The van der Waals surface area contributed by atoms with Gasteiger partial charge >= 0.3 is 0 Å². The third-order valence-corrected chi connectivity index (χ3v) is 4.49. The summed E-state index contributed by atoms with van der Waals surface area (Å²) in [5, 5.41) is 0. The van der Waals surface area contributed by atoms with Gasteiger partial charge in [-0.25, -0.2) is 15.0 Å². The molecule has 5 heteroatoms. The lowest BCUT2D eigenvalue weighted by Crippen LogP contribution is -2.21. The quantitative estimate of drug-likeness (QED) is 0.847. The summed E-state index contributed by atoms with van der Waals surface area (Å²) in [7, 11) is 2.12. The molecule has 19 heavy (non-hydrogen) atoms. The number of aromatic nitrogens is 4. The van der Waals surface area contributed by atoms with Crippen molar-refractivity contribution in [2.45, 2.75) is 50.6 Å². The predicted molar refractivity (Wildman–Crippen MR) is 74.3 cm³/mol. The number of imidazole rings is 1. The number of hydrogen-bond acceptors (Lipinski definition) is 4. The Hall–Kier alpha value is -1.65. The van der Waals surface area contributed by atoms with Crippen LogP contribution in [0.5, 0.6) is 0 Å². The standard InChI is InChI=1S/C14H19N5/c1-18(10-6-7-10)13-12-14(16-8-15-13)19(9-17-12)11-4-2-3-5-11/h8-11H,2-7H2,1H3. The Morgan fingerprint density at radius 2 is 1.89 bits per heavy atom. The van der Waals surface area contributed by atoms with Crippen molar-refractivity contribution in [1.29, 1.82) is 0 Å². The molecule has 0 bridgehead atoms. The highest BCUT2D eigenvalue weighted by molar-refractivity contribution is 5.83.